The highest BCUT2D eigenvalue weighted by Gasteiger charge is 2.67. The Balaban J connectivity index is 1.30. The van der Waals surface area contributed by atoms with E-state index in [2.05, 4.69) is 21.8 Å². The maximum Gasteiger partial charge on any atom is 0.254 e. The van der Waals surface area contributed by atoms with Crippen LogP contribution in [0.3, 0.4) is 0 Å². The molecule has 1 aliphatic heterocycles. The van der Waals surface area contributed by atoms with E-state index in [1.54, 1.807) is 6.21 Å². The zero-order chi connectivity index (χ0) is 20.7. The molecule has 152 valence electrons. The molecule has 6 atom stereocenters. The summed E-state index contributed by atoms with van der Waals surface area (Å²) in [6.07, 6.45) is 7.17. The van der Waals surface area contributed by atoms with Crippen molar-refractivity contribution in [3.8, 4) is 5.69 Å². The number of allylic oxidation sites excluding steroid dienone is 2. The van der Waals surface area contributed by atoms with Crippen LogP contribution in [-0.4, -0.2) is 27.6 Å². The number of rotatable bonds is 3. The second-order valence-electron chi connectivity index (χ2n) is 9.03. The smallest absolute Gasteiger partial charge is 0.254 e. The largest absolute Gasteiger partial charge is 0.318 e. The fourth-order valence-electron chi connectivity index (χ4n) is 6.08. The zero-order valence-electron chi connectivity index (χ0n) is 16.8. The Hall–Kier alpha value is -2.66. The van der Waals surface area contributed by atoms with Gasteiger partial charge < -0.3 is 4.57 Å². The maximum absolute atomic E-state index is 13.1. The van der Waals surface area contributed by atoms with Gasteiger partial charge in [0.25, 0.3) is 11.8 Å². The van der Waals surface area contributed by atoms with Crippen molar-refractivity contribution >= 4 is 29.6 Å². The summed E-state index contributed by atoms with van der Waals surface area (Å²) < 4.78 is 2.11. The minimum absolute atomic E-state index is 0.127. The Morgan fingerprint density at radius 2 is 1.60 bits per heavy atom. The van der Waals surface area contributed by atoms with Crippen LogP contribution in [-0.2, 0) is 9.59 Å². The summed E-state index contributed by atoms with van der Waals surface area (Å²) >= 11 is 6.02. The number of hydrogen-bond acceptors (Lipinski definition) is 3. The lowest BCUT2D eigenvalue weighted by Gasteiger charge is -2.37. The van der Waals surface area contributed by atoms with E-state index in [0.29, 0.717) is 16.9 Å². The molecule has 7 rings (SSSR count). The van der Waals surface area contributed by atoms with Gasteiger partial charge in [-0.1, -0.05) is 23.8 Å². The Morgan fingerprint density at radius 1 is 1.00 bits per heavy atom. The first-order chi connectivity index (χ1) is 14.5. The number of benzene rings is 1. The third kappa shape index (κ3) is 2.38. The average molecular weight is 420 g/mol. The topological polar surface area (TPSA) is 54.7 Å². The quantitative estimate of drug-likeness (QED) is 0.426. The number of aryl methyl sites for hydroxylation is 1. The van der Waals surface area contributed by atoms with Crippen molar-refractivity contribution in [3.63, 3.8) is 0 Å². The van der Waals surface area contributed by atoms with Crippen LogP contribution in [0.5, 0.6) is 0 Å². The normalized spacial score (nSPS) is 33.5. The van der Waals surface area contributed by atoms with Crippen molar-refractivity contribution in [2.45, 2.75) is 20.3 Å². The van der Waals surface area contributed by atoms with Crippen LogP contribution < -0.4 is 0 Å². The first-order valence-electron chi connectivity index (χ1n) is 10.5. The molecule has 30 heavy (non-hydrogen) atoms. The maximum atomic E-state index is 13.1. The van der Waals surface area contributed by atoms with E-state index >= 15 is 0 Å². The number of carbonyl (C=O) groups excluding carboxylic acids is 2. The molecule has 2 amide bonds. The fraction of sp³-hybridized carbons (Fsp3) is 0.375. The molecule has 4 aliphatic carbocycles. The summed E-state index contributed by atoms with van der Waals surface area (Å²) in [7, 11) is 0. The highest BCUT2D eigenvalue weighted by molar-refractivity contribution is 6.30. The molecular formula is C24H22ClN3O2. The Labute approximate surface area is 180 Å². The standard InChI is InChI=1S/C24H22ClN3O2/c1-12-9-14(13(2)27(12)16-5-3-15(25)4-6-16)11-26-28-23(29)21-17-7-8-18(20-10-19(17)20)22(21)24(28)30/h3-9,11,17-22H,10H2,1-2H3/b26-11-/t17-,18-,19-,20+,21-,22+/m0/s1. The predicted octanol–water partition coefficient (Wildman–Crippen LogP) is 4.13. The number of halogens is 1. The van der Waals surface area contributed by atoms with Crippen molar-refractivity contribution in [2.24, 2.45) is 40.6 Å². The van der Waals surface area contributed by atoms with E-state index in [1.807, 2.05) is 44.2 Å². The summed E-state index contributed by atoms with van der Waals surface area (Å²) in [6.45, 7) is 4.03. The van der Waals surface area contributed by atoms with Gasteiger partial charge in [-0.15, -0.1) is 0 Å². The third-order valence-corrected chi connectivity index (χ3v) is 7.76. The molecule has 2 heterocycles. The molecule has 0 radical (unpaired) electrons. The number of aromatic nitrogens is 1. The van der Waals surface area contributed by atoms with Crippen molar-refractivity contribution in [1.29, 1.82) is 0 Å². The molecule has 0 spiro atoms. The van der Waals surface area contributed by atoms with E-state index in [4.69, 9.17) is 11.6 Å². The van der Waals surface area contributed by atoms with Gasteiger partial charge >= 0.3 is 0 Å². The van der Waals surface area contributed by atoms with E-state index in [-0.39, 0.29) is 35.5 Å². The molecule has 1 saturated heterocycles. The van der Waals surface area contributed by atoms with Gasteiger partial charge in [-0.2, -0.15) is 10.1 Å². The van der Waals surface area contributed by atoms with Crippen LogP contribution in [0.25, 0.3) is 5.69 Å². The number of carbonyl (C=O) groups is 2. The highest BCUT2D eigenvalue weighted by Crippen LogP contribution is 2.65. The van der Waals surface area contributed by atoms with Crippen molar-refractivity contribution in [2.75, 3.05) is 0 Å². The van der Waals surface area contributed by atoms with Crippen LogP contribution in [0.2, 0.25) is 5.02 Å². The fourth-order valence-corrected chi connectivity index (χ4v) is 6.21. The van der Waals surface area contributed by atoms with Crippen molar-refractivity contribution < 1.29 is 9.59 Å². The zero-order valence-corrected chi connectivity index (χ0v) is 17.6. The van der Waals surface area contributed by atoms with Gasteiger partial charge in [0.15, 0.2) is 0 Å². The molecule has 0 N–H and O–H groups in total. The number of hydrogen-bond donors (Lipinski definition) is 0. The van der Waals surface area contributed by atoms with Crippen LogP contribution in [0.15, 0.2) is 47.6 Å². The SMILES string of the molecule is Cc1cc(/C=N\N2C(=O)[C@@H]3[C@H]4C=C[C@@H]([C@@H]5C[C@H]45)[C@@H]3C2=O)c(C)n1-c1ccc(Cl)cc1. The van der Waals surface area contributed by atoms with E-state index in [0.717, 1.165) is 34.1 Å². The van der Waals surface area contributed by atoms with E-state index < -0.39 is 0 Å². The average Bonchev–Trinajstić information content (AvgIpc) is 3.46. The molecule has 1 aromatic carbocycles. The predicted molar refractivity (Wildman–Crippen MR) is 114 cm³/mol. The number of imide groups is 1. The molecule has 5 aliphatic rings. The first-order valence-corrected chi connectivity index (χ1v) is 10.9. The van der Waals surface area contributed by atoms with Crippen LogP contribution >= 0.6 is 11.6 Å². The summed E-state index contributed by atoms with van der Waals surface area (Å²) in [5.74, 6) is 0.952. The minimum atomic E-state index is -0.213. The molecule has 2 saturated carbocycles. The monoisotopic (exact) mass is 419 g/mol. The summed E-state index contributed by atoms with van der Waals surface area (Å²) in [4.78, 5) is 26.2. The molecule has 6 heteroatoms. The van der Waals surface area contributed by atoms with Crippen molar-refractivity contribution in [3.05, 3.63) is 64.5 Å². The molecule has 2 aromatic rings. The molecule has 5 nitrogen and oxygen atoms in total. The molecular weight excluding hydrogens is 398 g/mol. The Kier molecular flexibility index (Phi) is 3.73. The van der Waals surface area contributed by atoms with E-state index in [9.17, 15) is 9.59 Å². The molecule has 0 unspecified atom stereocenters. The first kappa shape index (κ1) is 18.1. The van der Waals surface area contributed by atoms with Gasteiger partial charge in [0.1, 0.15) is 0 Å². The second kappa shape index (κ2) is 6.17. The Morgan fingerprint density at radius 3 is 2.20 bits per heavy atom. The lowest BCUT2D eigenvalue weighted by atomic mass is 9.63. The number of amides is 2. The highest BCUT2D eigenvalue weighted by atomic mass is 35.5. The lowest BCUT2D eigenvalue weighted by molar-refractivity contribution is -0.140. The Bertz CT molecular complexity index is 1110. The van der Waals surface area contributed by atoms with Gasteiger partial charge in [0.05, 0.1) is 18.1 Å². The molecule has 2 bridgehead atoms. The van der Waals surface area contributed by atoms with Crippen molar-refractivity contribution in [1.82, 2.24) is 9.58 Å². The third-order valence-electron chi connectivity index (χ3n) is 7.51. The van der Waals surface area contributed by atoms with Crippen LogP contribution in [0, 0.1) is 49.4 Å². The van der Waals surface area contributed by atoms with Gasteiger partial charge in [-0.3, -0.25) is 9.59 Å². The van der Waals surface area contributed by atoms with E-state index in [1.165, 1.54) is 0 Å². The lowest BCUT2D eigenvalue weighted by Crippen LogP contribution is -2.40. The van der Waals surface area contributed by atoms with Gasteiger partial charge in [-0.05, 0) is 74.3 Å². The van der Waals surface area contributed by atoms with Gasteiger partial charge in [0, 0.05) is 27.7 Å². The van der Waals surface area contributed by atoms with Gasteiger partial charge in [-0.25, -0.2) is 0 Å². The second-order valence-corrected chi connectivity index (χ2v) is 9.46. The molecule has 3 fully saturated rings. The van der Waals surface area contributed by atoms with Crippen LogP contribution in [0.1, 0.15) is 23.4 Å². The summed E-state index contributed by atoms with van der Waals surface area (Å²) in [5, 5.41) is 6.22. The minimum Gasteiger partial charge on any atom is -0.318 e. The van der Waals surface area contributed by atoms with Gasteiger partial charge in [0.2, 0.25) is 0 Å². The number of hydrazone groups is 1. The number of nitrogens with zero attached hydrogens (tertiary/aromatic N) is 3. The van der Waals surface area contributed by atoms with Crippen LogP contribution in [0.4, 0.5) is 0 Å². The summed E-state index contributed by atoms with van der Waals surface area (Å²) in [6, 6.07) is 9.68. The summed E-state index contributed by atoms with van der Waals surface area (Å²) in [5.41, 5.74) is 3.95. The molecule has 1 aromatic heterocycles.